The minimum Gasteiger partial charge on any atom is -0.531 e. The Morgan fingerprint density at radius 3 is 2.25 bits per heavy atom. The highest BCUT2D eigenvalue weighted by molar-refractivity contribution is 6.70. The molecule has 0 saturated carbocycles. The molecule has 0 aromatic carbocycles. The second kappa shape index (κ2) is 3.93. The lowest BCUT2D eigenvalue weighted by molar-refractivity contribution is -0.141. The fourth-order valence-electron chi connectivity index (χ4n) is 0.954. The first-order valence-corrected chi connectivity index (χ1v) is 7.89. The molecule has 4 nitrogen and oxygen atoms in total. The van der Waals surface area contributed by atoms with E-state index < -0.39 is 26.1 Å². The summed E-state index contributed by atoms with van der Waals surface area (Å²) in [7, 11) is -2.02. The van der Waals surface area contributed by atoms with Crippen LogP contribution in [0.2, 0.25) is 19.6 Å². The van der Waals surface area contributed by atoms with E-state index in [2.05, 4.69) is 9.97 Å². The van der Waals surface area contributed by atoms with Gasteiger partial charge in [-0.2, -0.15) is 18.2 Å². The van der Waals surface area contributed by atoms with Gasteiger partial charge >= 0.3 is 6.18 Å². The van der Waals surface area contributed by atoms with Crippen molar-refractivity contribution in [1.82, 2.24) is 9.97 Å². The van der Waals surface area contributed by atoms with Gasteiger partial charge in [0.05, 0.1) is 0 Å². The lowest BCUT2D eigenvalue weighted by atomic mass is 10.4. The van der Waals surface area contributed by atoms with E-state index in [1.165, 1.54) is 0 Å². The van der Waals surface area contributed by atoms with Crippen LogP contribution in [0, 0.1) is 0 Å². The Morgan fingerprint density at radius 1 is 1.25 bits per heavy atom. The summed E-state index contributed by atoms with van der Waals surface area (Å²) in [5.41, 5.74) is 4.10. The van der Waals surface area contributed by atoms with Crippen molar-refractivity contribution in [3.63, 3.8) is 0 Å². The maximum absolute atomic E-state index is 12.4. The van der Waals surface area contributed by atoms with Gasteiger partial charge in [0, 0.05) is 6.07 Å². The monoisotopic (exact) mass is 251 g/mol. The Morgan fingerprint density at radius 2 is 1.81 bits per heavy atom. The molecule has 2 N–H and O–H groups in total. The largest absolute Gasteiger partial charge is 0.531 e. The summed E-state index contributed by atoms with van der Waals surface area (Å²) in [5, 5.41) is 0. The molecule has 0 saturated heterocycles. The average Bonchev–Trinajstić information content (AvgIpc) is 1.97. The zero-order valence-electron chi connectivity index (χ0n) is 9.09. The maximum atomic E-state index is 12.4. The molecule has 0 fully saturated rings. The normalized spacial score (nSPS) is 12.6. The molecule has 0 spiro atoms. The zero-order chi connectivity index (χ0) is 12.6. The molecule has 0 radical (unpaired) electrons. The van der Waals surface area contributed by atoms with Gasteiger partial charge in [0.2, 0.25) is 20.1 Å². The summed E-state index contributed by atoms with van der Waals surface area (Å²) in [6.45, 7) is 5.50. The highest BCUT2D eigenvalue weighted by Crippen LogP contribution is 2.30. The minimum atomic E-state index is -4.55. The van der Waals surface area contributed by atoms with Crippen molar-refractivity contribution in [2.24, 2.45) is 0 Å². The third-order valence-corrected chi connectivity index (χ3v) is 2.24. The molecule has 1 aromatic heterocycles. The Bertz CT molecular complexity index is 389. The molecular formula is C8H12F3N3OSi. The van der Waals surface area contributed by atoms with Gasteiger partial charge in [-0.3, -0.25) is 0 Å². The predicted molar refractivity (Wildman–Crippen MR) is 55.4 cm³/mol. The van der Waals surface area contributed by atoms with Gasteiger partial charge in [0.15, 0.2) is 5.69 Å². The molecule has 90 valence electrons. The molecule has 0 atom stereocenters. The van der Waals surface area contributed by atoms with Gasteiger partial charge in [0.1, 0.15) is 0 Å². The van der Waals surface area contributed by atoms with Crippen molar-refractivity contribution in [3.05, 3.63) is 11.8 Å². The number of nitrogens with zero attached hydrogens (tertiary/aromatic N) is 2. The molecule has 0 amide bonds. The van der Waals surface area contributed by atoms with Crippen LogP contribution in [0.25, 0.3) is 0 Å². The van der Waals surface area contributed by atoms with Crippen molar-refractivity contribution in [1.29, 1.82) is 0 Å². The first-order chi connectivity index (χ1) is 7.08. The molecule has 0 aliphatic carbocycles. The van der Waals surface area contributed by atoms with Crippen LogP contribution in [-0.4, -0.2) is 18.3 Å². The molecule has 8 heteroatoms. The molecule has 1 aromatic rings. The lowest BCUT2D eigenvalue weighted by Gasteiger charge is -2.18. The van der Waals surface area contributed by atoms with Gasteiger partial charge in [-0.05, 0) is 19.6 Å². The zero-order valence-corrected chi connectivity index (χ0v) is 10.1. The van der Waals surface area contributed by atoms with E-state index in [-0.39, 0.29) is 5.88 Å². The summed E-state index contributed by atoms with van der Waals surface area (Å²) < 4.78 is 42.5. The molecule has 0 bridgehead atoms. The first-order valence-electron chi connectivity index (χ1n) is 4.49. The Balaban J connectivity index is 3.09. The van der Waals surface area contributed by atoms with Crippen LogP contribution < -0.4 is 10.2 Å². The van der Waals surface area contributed by atoms with Gasteiger partial charge in [-0.15, -0.1) is 0 Å². The first kappa shape index (κ1) is 12.8. The molecule has 1 rings (SSSR count). The van der Waals surface area contributed by atoms with Gasteiger partial charge in [-0.25, -0.2) is 4.98 Å². The van der Waals surface area contributed by atoms with Crippen molar-refractivity contribution in [2.75, 3.05) is 5.73 Å². The summed E-state index contributed by atoms with van der Waals surface area (Å²) >= 11 is 0. The number of rotatable bonds is 2. The molecule has 0 unspecified atom stereocenters. The van der Waals surface area contributed by atoms with Crippen LogP contribution in [-0.2, 0) is 6.18 Å². The van der Waals surface area contributed by atoms with Crippen LogP contribution in [0.3, 0.4) is 0 Å². The number of anilines is 1. The van der Waals surface area contributed by atoms with Gasteiger partial charge in [-0.1, -0.05) is 0 Å². The van der Waals surface area contributed by atoms with Crippen LogP contribution >= 0.6 is 0 Å². The predicted octanol–water partition coefficient (Wildman–Crippen LogP) is 2.29. The molecule has 16 heavy (non-hydrogen) atoms. The standard InChI is InChI=1S/C8H12F3N3OSi/c1-16(2,3)15-6-4-5(8(9,10)11)13-7(12)14-6/h4H,1-3H3,(H2,12,13,14). The van der Waals surface area contributed by atoms with Crippen LogP contribution in [0.15, 0.2) is 6.07 Å². The fourth-order valence-corrected chi connectivity index (χ4v) is 1.69. The number of hydrogen-bond donors (Lipinski definition) is 1. The Labute approximate surface area is 91.8 Å². The summed E-state index contributed by atoms with van der Waals surface area (Å²) in [6.07, 6.45) is -4.55. The van der Waals surface area contributed by atoms with E-state index in [0.717, 1.165) is 6.07 Å². The van der Waals surface area contributed by atoms with E-state index >= 15 is 0 Å². The molecule has 1 heterocycles. The summed E-state index contributed by atoms with van der Waals surface area (Å²) in [5.74, 6) is -0.568. The highest BCUT2D eigenvalue weighted by atomic mass is 28.4. The van der Waals surface area contributed by atoms with Crippen molar-refractivity contribution in [3.8, 4) is 5.88 Å². The van der Waals surface area contributed by atoms with Crippen LogP contribution in [0.5, 0.6) is 5.88 Å². The topological polar surface area (TPSA) is 61.0 Å². The van der Waals surface area contributed by atoms with Crippen molar-refractivity contribution in [2.45, 2.75) is 25.8 Å². The quantitative estimate of drug-likeness (QED) is 0.819. The van der Waals surface area contributed by atoms with E-state index in [9.17, 15) is 13.2 Å². The Kier molecular flexibility index (Phi) is 3.13. The minimum absolute atomic E-state index is 0.126. The van der Waals surface area contributed by atoms with Crippen molar-refractivity contribution >= 4 is 14.3 Å². The second-order valence-corrected chi connectivity index (χ2v) is 8.59. The summed E-state index contributed by atoms with van der Waals surface area (Å²) in [4.78, 5) is 6.72. The van der Waals surface area contributed by atoms with Gasteiger partial charge < -0.3 is 10.2 Å². The number of nitrogens with two attached hydrogens (primary N) is 1. The maximum Gasteiger partial charge on any atom is 0.433 e. The lowest BCUT2D eigenvalue weighted by Crippen LogP contribution is -2.30. The average molecular weight is 251 g/mol. The van der Waals surface area contributed by atoms with E-state index in [0.29, 0.717) is 0 Å². The van der Waals surface area contributed by atoms with Gasteiger partial charge in [0.25, 0.3) is 0 Å². The van der Waals surface area contributed by atoms with Crippen molar-refractivity contribution < 1.29 is 17.6 Å². The highest BCUT2D eigenvalue weighted by Gasteiger charge is 2.34. The smallest absolute Gasteiger partial charge is 0.433 e. The van der Waals surface area contributed by atoms with Crippen LogP contribution in [0.4, 0.5) is 19.1 Å². The third-order valence-electron chi connectivity index (χ3n) is 1.42. The number of alkyl halides is 3. The fraction of sp³-hybridized carbons (Fsp3) is 0.500. The van der Waals surface area contributed by atoms with Crippen LogP contribution in [0.1, 0.15) is 5.69 Å². The third kappa shape index (κ3) is 3.68. The Hall–Kier alpha value is -1.31. The number of nitrogen functional groups attached to an aromatic ring is 1. The number of aromatic nitrogens is 2. The van der Waals surface area contributed by atoms with E-state index in [4.69, 9.17) is 10.2 Å². The molecule has 0 aliphatic heterocycles. The molecule has 0 aliphatic rings. The second-order valence-electron chi connectivity index (χ2n) is 4.16. The SMILES string of the molecule is C[Si](C)(C)Oc1cc(C(F)(F)F)nc(N)n1. The molecular weight excluding hydrogens is 239 g/mol. The van der Waals surface area contributed by atoms with E-state index in [1.807, 2.05) is 19.6 Å². The number of hydrogen-bond acceptors (Lipinski definition) is 4. The van der Waals surface area contributed by atoms with E-state index in [1.54, 1.807) is 0 Å². The number of halogens is 3. The summed E-state index contributed by atoms with van der Waals surface area (Å²) in [6, 6.07) is 0.759.